The van der Waals surface area contributed by atoms with Gasteiger partial charge in [-0.05, 0) is 26.7 Å². The first-order valence-corrected chi connectivity index (χ1v) is 9.28. The molecule has 0 N–H and O–H groups in total. The van der Waals surface area contributed by atoms with E-state index in [1.54, 1.807) is 23.0 Å². The lowest BCUT2D eigenvalue weighted by molar-refractivity contribution is 0.299. The van der Waals surface area contributed by atoms with Crippen LogP contribution in [0.5, 0.6) is 0 Å². The van der Waals surface area contributed by atoms with Gasteiger partial charge in [0.1, 0.15) is 6.33 Å². The van der Waals surface area contributed by atoms with E-state index in [1.165, 1.54) is 6.33 Å². The van der Waals surface area contributed by atoms with Gasteiger partial charge < -0.3 is 4.57 Å². The van der Waals surface area contributed by atoms with Gasteiger partial charge in [-0.25, -0.2) is 23.4 Å². The van der Waals surface area contributed by atoms with Crippen LogP contribution in [-0.4, -0.2) is 38.3 Å². The van der Waals surface area contributed by atoms with Crippen LogP contribution >= 0.6 is 0 Å². The smallest absolute Gasteiger partial charge is 0.262 e. The summed E-state index contributed by atoms with van der Waals surface area (Å²) in [5, 5.41) is 0.128. The van der Waals surface area contributed by atoms with E-state index in [-0.39, 0.29) is 23.2 Å². The molecule has 8 heteroatoms. The Morgan fingerprint density at radius 3 is 2.83 bits per heavy atom. The summed E-state index contributed by atoms with van der Waals surface area (Å²) in [7, 11) is -3.61. The lowest BCUT2D eigenvalue weighted by Crippen LogP contribution is -2.42. The minimum Gasteiger partial charge on any atom is -0.334 e. The van der Waals surface area contributed by atoms with Crippen molar-refractivity contribution < 1.29 is 8.42 Å². The number of sulfonamides is 1. The fraction of sp³-hybridized carbons (Fsp3) is 0.533. The molecule has 0 aliphatic carbocycles. The molecule has 4 heterocycles. The number of hydrogen-bond acceptors (Lipinski definition) is 5. The Labute approximate surface area is 135 Å². The lowest BCUT2D eigenvalue weighted by Gasteiger charge is -2.33. The van der Waals surface area contributed by atoms with Gasteiger partial charge in [-0.3, -0.25) is 0 Å². The predicted molar refractivity (Wildman–Crippen MR) is 83.1 cm³/mol. The van der Waals surface area contributed by atoms with Crippen molar-refractivity contribution >= 4 is 10.0 Å². The summed E-state index contributed by atoms with van der Waals surface area (Å²) in [6.07, 6.45) is 8.81. The number of imidazole rings is 1. The Hall–Kier alpha value is -1.80. The molecule has 2 aromatic rings. The third-order valence-corrected chi connectivity index (χ3v) is 6.62. The number of fused-ring (bicyclic) bond motifs is 4. The largest absolute Gasteiger partial charge is 0.334 e. The highest BCUT2D eigenvalue weighted by Crippen LogP contribution is 2.45. The molecule has 122 valence electrons. The highest BCUT2D eigenvalue weighted by Gasteiger charge is 2.48. The van der Waals surface area contributed by atoms with E-state index < -0.39 is 10.0 Å². The summed E-state index contributed by atoms with van der Waals surface area (Å²) < 4.78 is 29.7. The number of nitrogens with zero attached hydrogens (tertiary/aromatic N) is 5. The molecule has 1 fully saturated rings. The zero-order valence-corrected chi connectivity index (χ0v) is 13.9. The molecule has 1 saturated heterocycles. The second-order valence-electron chi connectivity index (χ2n) is 6.46. The summed E-state index contributed by atoms with van der Waals surface area (Å²) in [6.45, 7) is 3.99. The first-order chi connectivity index (χ1) is 11.0. The zero-order chi connectivity index (χ0) is 16.2. The predicted octanol–water partition coefficient (Wildman–Crippen LogP) is 1.70. The molecule has 0 spiro atoms. The maximum atomic E-state index is 13.1. The summed E-state index contributed by atoms with van der Waals surface area (Å²) in [5.74, 6) is 0. The monoisotopic (exact) mass is 333 g/mol. The minimum absolute atomic E-state index is 0.0309. The van der Waals surface area contributed by atoms with Crippen LogP contribution in [0.2, 0.25) is 0 Å². The number of rotatable bonds is 3. The molecule has 2 aliphatic heterocycles. The minimum atomic E-state index is -3.61. The molecule has 7 nitrogen and oxygen atoms in total. The van der Waals surface area contributed by atoms with Gasteiger partial charge in [-0.15, -0.1) is 0 Å². The van der Waals surface area contributed by atoms with Crippen LogP contribution in [-0.2, 0) is 16.4 Å². The molecule has 0 saturated carbocycles. The summed E-state index contributed by atoms with van der Waals surface area (Å²) >= 11 is 0. The first-order valence-electron chi connectivity index (χ1n) is 7.84. The lowest BCUT2D eigenvalue weighted by atomic mass is 10.0. The van der Waals surface area contributed by atoms with Crippen LogP contribution < -0.4 is 0 Å². The molecule has 2 atom stereocenters. The molecule has 2 aromatic heterocycles. The number of aromatic nitrogens is 4. The quantitative estimate of drug-likeness (QED) is 0.854. The van der Waals surface area contributed by atoms with Gasteiger partial charge in [0.25, 0.3) is 10.0 Å². The average molecular weight is 333 g/mol. The summed E-state index contributed by atoms with van der Waals surface area (Å²) in [5.41, 5.74) is 1.92. The fourth-order valence-electron chi connectivity index (χ4n) is 3.59. The summed E-state index contributed by atoms with van der Waals surface area (Å²) in [4.78, 5) is 12.5. The van der Waals surface area contributed by atoms with Gasteiger partial charge in [0.15, 0.2) is 5.03 Å². The van der Waals surface area contributed by atoms with Gasteiger partial charge in [-0.2, -0.15) is 4.31 Å². The van der Waals surface area contributed by atoms with Crippen LogP contribution in [0.1, 0.15) is 50.0 Å². The molecule has 2 aliphatic rings. The third-order valence-electron chi connectivity index (χ3n) is 4.77. The second kappa shape index (κ2) is 5.10. The van der Waals surface area contributed by atoms with Crippen molar-refractivity contribution in [2.75, 3.05) is 0 Å². The molecular weight excluding hydrogens is 314 g/mol. The van der Waals surface area contributed by atoms with Crippen molar-refractivity contribution in [2.24, 2.45) is 0 Å². The maximum Gasteiger partial charge on any atom is 0.262 e. The average Bonchev–Trinajstić information content (AvgIpc) is 3.13. The van der Waals surface area contributed by atoms with Gasteiger partial charge in [0, 0.05) is 36.5 Å². The van der Waals surface area contributed by atoms with Crippen LogP contribution in [0.25, 0.3) is 0 Å². The maximum absolute atomic E-state index is 13.1. The Morgan fingerprint density at radius 2 is 2.09 bits per heavy atom. The molecule has 2 unspecified atom stereocenters. The van der Waals surface area contributed by atoms with Crippen LogP contribution in [0.4, 0.5) is 0 Å². The van der Waals surface area contributed by atoms with E-state index in [1.807, 2.05) is 18.4 Å². The fourth-order valence-corrected chi connectivity index (χ4v) is 5.36. The Balaban J connectivity index is 1.75. The molecular formula is C15H19N5O2S. The summed E-state index contributed by atoms with van der Waals surface area (Å²) in [6, 6.07) is -0.0191. The van der Waals surface area contributed by atoms with Gasteiger partial charge in [-0.1, -0.05) is 0 Å². The second-order valence-corrected chi connectivity index (χ2v) is 8.25. The molecule has 0 amide bonds. The SMILES string of the molecule is CC(C)n1cnc(S(=O)(=O)N2C3CCC2c2cncnc2C3)c1. The van der Waals surface area contributed by atoms with Gasteiger partial charge in [0.05, 0.1) is 18.1 Å². The van der Waals surface area contributed by atoms with Crippen LogP contribution in [0, 0.1) is 0 Å². The molecule has 4 rings (SSSR count). The normalized spacial score (nSPS) is 24.1. The standard InChI is InChI=1S/C15H19N5O2S/c1-10(2)19-7-15(18-9-19)23(21,22)20-11-3-4-14(20)12-6-16-8-17-13(12)5-11/h6-11,14H,3-5H2,1-2H3. The van der Waals surface area contributed by atoms with E-state index >= 15 is 0 Å². The first kappa shape index (κ1) is 14.8. The Bertz CT molecular complexity index is 845. The zero-order valence-electron chi connectivity index (χ0n) is 13.1. The Kier molecular flexibility index (Phi) is 3.28. The van der Waals surface area contributed by atoms with E-state index in [0.717, 1.165) is 24.1 Å². The molecule has 23 heavy (non-hydrogen) atoms. The molecule has 0 aromatic carbocycles. The van der Waals surface area contributed by atoms with Crippen molar-refractivity contribution in [2.45, 2.75) is 56.3 Å². The van der Waals surface area contributed by atoms with Crippen molar-refractivity contribution in [3.63, 3.8) is 0 Å². The van der Waals surface area contributed by atoms with Gasteiger partial charge in [0.2, 0.25) is 0 Å². The van der Waals surface area contributed by atoms with E-state index in [0.29, 0.717) is 6.42 Å². The topological polar surface area (TPSA) is 81.0 Å². The van der Waals surface area contributed by atoms with Crippen LogP contribution in [0.15, 0.2) is 30.1 Å². The number of hydrogen-bond donors (Lipinski definition) is 0. The van der Waals surface area contributed by atoms with Crippen molar-refractivity contribution in [1.82, 2.24) is 23.8 Å². The Morgan fingerprint density at radius 1 is 1.26 bits per heavy atom. The third kappa shape index (κ3) is 2.20. The molecule has 2 bridgehead atoms. The highest BCUT2D eigenvalue weighted by molar-refractivity contribution is 7.89. The van der Waals surface area contributed by atoms with E-state index in [9.17, 15) is 8.42 Å². The van der Waals surface area contributed by atoms with E-state index in [2.05, 4.69) is 15.0 Å². The van der Waals surface area contributed by atoms with Crippen molar-refractivity contribution in [1.29, 1.82) is 0 Å². The van der Waals surface area contributed by atoms with Crippen LogP contribution in [0.3, 0.4) is 0 Å². The van der Waals surface area contributed by atoms with Crippen molar-refractivity contribution in [3.05, 3.63) is 36.3 Å². The van der Waals surface area contributed by atoms with Gasteiger partial charge >= 0.3 is 0 Å². The van der Waals surface area contributed by atoms with E-state index in [4.69, 9.17) is 0 Å². The highest BCUT2D eigenvalue weighted by atomic mass is 32.2. The van der Waals surface area contributed by atoms with Crippen molar-refractivity contribution in [3.8, 4) is 0 Å². The molecule has 0 radical (unpaired) electrons.